The van der Waals surface area contributed by atoms with E-state index in [0.717, 1.165) is 63.5 Å². The summed E-state index contributed by atoms with van der Waals surface area (Å²) in [5.41, 5.74) is 0.488. The third kappa shape index (κ3) is 4.79. The first-order valence-electron chi connectivity index (χ1n) is 10.1. The molecule has 0 bridgehead atoms. The maximum Gasteiger partial charge on any atom is 0.416 e. The van der Waals surface area contributed by atoms with Crippen LogP contribution in [0.2, 0.25) is 0 Å². The zero-order valence-corrected chi connectivity index (χ0v) is 16.7. The zero-order chi connectivity index (χ0) is 19.4. The number of aromatic nitrogens is 1. The molecule has 1 aliphatic heterocycles. The topological polar surface area (TPSA) is 62.7 Å². The summed E-state index contributed by atoms with van der Waals surface area (Å²) in [6.07, 6.45) is 9.74. The van der Waals surface area contributed by atoms with Crippen molar-refractivity contribution in [1.29, 1.82) is 0 Å². The second-order valence-corrected chi connectivity index (χ2v) is 8.59. The molecule has 0 N–H and O–H groups in total. The number of pyridine rings is 1. The van der Waals surface area contributed by atoms with Gasteiger partial charge in [0.15, 0.2) is 0 Å². The number of piperidine rings is 1. The van der Waals surface area contributed by atoms with E-state index in [9.17, 15) is 9.59 Å². The van der Waals surface area contributed by atoms with Gasteiger partial charge in [-0.05, 0) is 64.5 Å². The molecule has 0 spiro atoms. The summed E-state index contributed by atoms with van der Waals surface area (Å²) in [6, 6.07) is 4.12. The summed E-state index contributed by atoms with van der Waals surface area (Å²) in [5, 5.41) is 0. The van der Waals surface area contributed by atoms with Gasteiger partial charge in [-0.1, -0.05) is 18.9 Å². The second-order valence-electron chi connectivity index (χ2n) is 8.59. The first kappa shape index (κ1) is 19.6. The molecule has 0 aromatic carbocycles. The molecule has 0 radical (unpaired) electrons. The first-order chi connectivity index (χ1) is 12.9. The van der Waals surface area contributed by atoms with Gasteiger partial charge in [0.1, 0.15) is 11.4 Å². The van der Waals surface area contributed by atoms with Crippen molar-refractivity contribution < 1.29 is 14.3 Å². The Labute approximate surface area is 161 Å². The molecule has 2 fully saturated rings. The quantitative estimate of drug-likeness (QED) is 0.732. The van der Waals surface area contributed by atoms with Crippen molar-refractivity contribution in [3.63, 3.8) is 0 Å². The smallest absolute Gasteiger partial charge is 0.416 e. The van der Waals surface area contributed by atoms with Crippen LogP contribution in [-0.2, 0) is 9.53 Å². The molecule has 0 unspecified atom stereocenters. The molecule has 2 heterocycles. The summed E-state index contributed by atoms with van der Waals surface area (Å²) in [6.45, 7) is 6.43. The molecule has 1 aromatic heterocycles. The van der Waals surface area contributed by atoms with Gasteiger partial charge in [0.25, 0.3) is 0 Å². The minimum absolute atomic E-state index is 0.0826. The summed E-state index contributed by atoms with van der Waals surface area (Å²) in [4.78, 5) is 32.4. The number of hydrogen-bond donors (Lipinski definition) is 0. The average Bonchev–Trinajstić information content (AvgIpc) is 3.15. The van der Waals surface area contributed by atoms with Crippen molar-refractivity contribution in [3.8, 4) is 0 Å². The molecule has 6 heteroatoms. The van der Waals surface area contributed by atoms with Crippen LogP contribution in [0.15, 0.2) is 18.3 Å². The van der Waals surface area contributed by atoms with Crippen LogP contribution in [0.5, 0.6) is 0 Å². The van der Waals surface area contributed by atoms with E-state index in [0.29, 0.717) is 5.82 Å². The van der Waals surface area contributed by atoms with E-state index in [4.69, 9.17) is 4.74 Å². The van der Waals surface area contributed by atoms with Crippen LogP contribution in [0.4, 0.5) is 10.6 Å². The van der Waals surface area contributed by atoms with E-state index in [1.165, 1.54) is 0 Å². The molecular formula is C21H31N3O3. The normalized spacial score (nSPS) is 21.1. The van der Waals surface area contributed by atoms with E-state index in [1.54, 1.807) is 4.90 Å². The lowest BCUT2D eigenvalue weighted by molar-refractivity contribution is -0.121. The Hall–Kier alpha value is -2.11. The van der Waals surface area contributed by atoms with Gasteiger partial charge >= 0.3 is 6.09 Å². The van der Waals surface area contributed by atoms with Crippen LogP contribution in [-0.4, -0.2) is 40.6 Å². The predicted octanol–water partition coefficient (Wildman–Crippen LogP) is 4.45. The van der Waals surface area contributed by atoms with E-state index in [1.807, 2.05) is 44.0 Å². The van der Waals surface area contributed by atoms with Crippen molar-refractivity contribution in [2.75, 3.05) is 11.4 Å². The lowest BCUT2D eigenvalue weighted by atomic mass is 9.97. The SMILES string of the molecule is CC(C)(C)OC(=O)N(c1ccc([C@H]2CCCCN2C=O)cn1)C1CCCC1. The second kappa shape index (κ2) is 8.28. The Morgan fingerprint density at radius 1 is 1.19 bits per heavy atom. The van der Waals surface area contributed by atoms with Gasteiger partial charge in [-0.25, -0.2) is 9.78 Å². The molecule has 6 nitrogen and oxygen atoms in total. The highest BCUT2D eigenvalue weighted by Crippen LogP contribution is 2.32. The van der Waals surface area contributed by atoms with E-state index >= 15 is 0 Å². The van der Waals surface area contributed by atoms with Crippen molar-refractivity contribution in [1.82, 2.24) is 9.88 Å². The molecule has 1 saturated carbocycles. The first-order valence-corrected chi connectivity index (χ1v) is 10.1. The number of amides is 2. The molecule has 1 saturated heterocycles. The number of nitrogens with zero attached hydrogens (tertiary/aromatic N) is 3. The molecule has 27 heavy (non-hydrogen) atoms. The van der Waals surface area contributed by atoms with Gasteiger partial charge < -0.3 is 9.64 Å². The minimum Gasteiger partial charge on any atom is -0.443 e. The van der Waals surface area contributed by atoms with Crippen molar-refractivity contribution in [3.05, 3.63) is 23.9 Å². The maximum atomic E-state index is 12.8. The number of likely N-dealkylation sites (tertiary alicyclic amines) is 1. The Kier molecular flexibility index (Phi) is 6.02. The fraction of sp³-hybridized carbons (Fsp3) is 0.667. The Balaban J connectivity index is 1.82. The number of hydrogen-bond acceptors (Lipinski definition) is 4. The minimum atomic E-state index is -0.541. The van der Waals surface area contributed by atoms with Crippen LogP contribution < -0.4 is 4.90 Å². The van der Waals surface area contributed by atoms with E-state index in [2.05, 4.69) is 4.98 Å². The molecule has 2 amide bonds. The van der Waals surface area contributed by atoms with Crippen LogP contribution in [0.1, 0.15) is 77.3 Å². The van der Waals surface area contributed by atoms with E-state index < -0.39 is 5.60 Å². The van der Waals surface area contributed by atoms with Crippen LogP contribution in [0.3, 0.4) is 0 Å². The van der Waals surface area contributed by atoms with Crippen LogP contribution >= 0.6 is 0 Å². The molecule has 1 aliphatic carbocycles. The number of carbonyl (C=O) groups is 2. The Morgan fingerprint density at radius 3 is 2.48 bits per heavy atom. The van der Waals surface area contributed by atoms with Crippen molar-refractivity contribution in [2.45, 2.75) is 83.4 Å². The van der Waals surface area contributed by atoms with Gasteiger partial charge in [-0.2, -0.15) is 0 Å². The summed E-state index contributed by atoms with van der Waals surface area (Å²) < 4.78 is 5.64. The van der Waals surface area contributed by atoms with Crippen molar-refractivity contribution in [2.24, 2.45) is 0 Å². The molecule has 1 atom stereocenters. The number of carbonyl (C=O) groups excluding carboxylic acids is 2. The van der Waals surface area contributed by atoms with Crippen molar-refractivity contribution >= 4 is 18.3 Å². The molecule has 1 aromatic rings. The lowest BCUT2D eigenvalue weighted by Gasteiger charge is -2.33. The largest absolute Gasteiger partial charge is 0.443 e. The third-order valence-corrected chi connectivity index (χ3v) is 5.36. The average molecular weight is 373 g/mol. The molecule has 2 aliphatic rings. The van der Waals surface area contributed by atoms with E-state index in [-0.39, 0.29) is 18.2 Å². The summed E-state index contributed by atoms with van der Waals surface area (Å²) >= 11 is 0. The van der Waals surface area contributed by atoms with Gasteiger partial charge in [0, 0.05) is 18.8 Å². The zero-order valence-electron chi connectivity index (χ0n) is 16.7. The summed E-state index contributed by atoms with van der Waals surface area (Å²) in [5.74, 6) is 0.633. The lowest BCUT2D eigenvalue weighted by Crippen LogP contribution is -2.43. The fourth-order valence-electron chi connectivity index (χ4n) is 4.08. The fourth-order valence-corrected chi connectivity index (χ4v) is 4.08. The Bertz CT molecular complexity index is 648. The standard InChI is InChI=1S/C21H31N3O3/c1-21(2,3)27-20(26)24(17-8-4-5-9-17)19-12-11-16(14-22-19)18-10-6-7-13-23(18)15-25/h11-12,14-15,17-18H,4-10,13H2,1-3H3/t18-/m1/s1. The van der Waals surface area contributed by atoms with Gasteiger partial charge in [-0.3, -0.25) is 9.69 Å². The van der Waals surface area contributed by atoms with Gasteiger partial charge in [0.2, 0.25) is 6.41 Å². The highest BCUT2D eigenvalue weighted by atomic mass is 16.6. The summed E-state index contributed by atoms with van der Waals surface area (Å²) in [7, 11) is 0. The predicted molar refractivity (Wildman–Crippen MR) is 105 cm³/mol. The number of ether oxygens (including phenoxy) is 1. The van der Waals surface area contributed by atoms with Gasteiger partial charge in [0.05, 0.1) is 6.04 Å². The number of anilines is 1. The van der Waals surface area contributed by atoms with Gasteiger partial charge in [-0.15, -0.1) is 0 Å². The number of rotatable bonds is 4. The molecule has 148 valence electrons. The maximum absolute atomic E-state index is 12.8. The highest BCUT2D eigenvalue weighted by molar-refractivity contribution is 5.87. The van der Waals surface area contributed by atoms with Crippen LogP contribution in [0.25, 0.3) is 0 Å². The Morgan fingerprint density at radius 2 is 1.89 bits per heavy atom. The van der Waals surface area contributed by atoms with Crippen LogP contribution in [0, 0.1) is 0 Å². The third-order valence-electron chi connectivity index (χ3n) is 5.36. The molecule has 3 rings (SSSR count). The molecular weight excluding hydrogens is 342 g/mol. The highest BCUT2D eigenvalue weighted by Gasteiger charge is 2.32. The monoisotopic (exact) mass is 373 g/mol.